The van der Waals surface area contributed by atoms with Crippen molar-refractivity contribution in [3.8, 4) is 5.75 Å². The van der Waals surface area contributed by atoms with Crippen LogP contribution >= 0.6 is 11.6 Å². The van der Waals surface area contributed by atoms with Crippen LogP contribution in [0.15, 0.2) is 24.5 Å². The van der Waals surface area contributed by atoms with Crippen LogP contribution in [0, 0.1) is 0 Å². The average Bonchev–Trinajstić information content (AvgIpc) is 2.82. The number of fused-ring (bicyclic) bond motifs is 1. The zero-order chi connectivity index (χ0) is 13.2. The van der Waals surface area contributed by atoms with Crippen molar-refractivity contribution in [1.82, 2.24) is 14.8 Å². The number of esters is 1. The highest BCUT2D eigenvalue weighted by Crippen LogP contribution is 2.18. The molecule has 0 saturated carbocycles. The smallest absolute Gasteiger partial charge is 0.364 e. The molecule has 1 aliphatic rings. The van der Waals surface area contributed by atoms with Gasteiger partial charge < -0.3 is 4.74 Å². The first kappa shape index (κ1) is 12.2. The predicted molar refractivity (Wildman–Crippen MR) is 69.4 cm³/mol. The van der Waals surface area contributed by atoms with Gasteiger partial charge in [0, 0.05) is 24.5 Å². The van der Waals surface area contributed by atoms with Crippen molar-refractivity contribution in [3.05, 3.63) is 40.9 Å². The van der Waals surface area contributed by atoms with Crippen LogP contribution in [0.3, 0.4) is 0 Å². The van der Waals surface area contributed by atoms with Gasteiger partial charge in [-0.3, -0.25) is 9.67 Å². The van der Waals surface area contributed by atoms with Gasteiger partial charge in [0.15, 0.2) is 11.4 Å². The fraction of sp³-hybridized carbons (Fsp3) is 0.308. The van der Waals surface area contributed by atoms with E-state index in [9.17, 15) is 4.79 Å². The number of ether oxygens (including phenoxy) is 1. The van der Waals surface area contributed by atoms with E-state index in [0.29, 0.717) is 16.5 Å². The van der Waals surface area contributed by atoms with Gasteiger partial charge in [-0.05, 0) is 25.3 Å². The molecule has 0 radical (unpaired) electrons. The maximum atomic E-state index is 12.0. The first-order valence-corrected chi connectivity index (χ1v) is 6.49. The molecule has 0 aromatic carbocycles. The van der Waals surface area contributed by atoms with E-state index in [1.165, 1.54) is 12.4 Å². The summed E-state index contributed by atoms with van der Waals surface area (Å²) in [5, 5.41) is 4.68. The maximum absolute atomic E-state index is 12.0. The van der Waals surface area contributed by atoms with Gasteiger partial charge >= 0.3 is 5.97 Å². The lowest BCUT2D eigenvalue weighted by molar-refractivity contribution is 0.0727. The number of aryl methyl sites for hydroxylation is 2. The zero-order valence-electron chi connectivity index (χ0n) is 10.2. The zero-order valence-corrected chi connectivity index (χ0v) is 10.9. The van der Waals surface area contributed by atoms with Crippen LogP contribution in [0.1, 0.15) is 29.0 Å². The first-order chi connectivity index (χ1) is 9.22. The summed E-state index contributed by atoms with van der Waals surface area (Å²) in [4.78, 5) is 15.8. The number of hydrogen-bond acceptors (Lipinski definition) is 4. The molecule has 2 aromatic heterocycles. The number of halogens is 1. The number of carbonyl (C=O) groups is 1. The lowest BCUT2D eigenvalue weighted by Crippen LogP contribution is -2.12. The van der Waals surface area contributed by atoms with Crippen LogP contribution in [-0.2, 0) is 13.0 Å². The molecule has 6 heteroatoms. The molecule has 3 heterocycles. The van der Waals surface area contributed by atoms with Crippen molar-refractivity contribution < 1.29 is 9.53 Å². The summed E-state index contributed by atoms with van der Waals surface area (Å²) >= 11 is 5.78. The molecule has 5 nitrogen and oxygen atoms in total. The summed E-state index contributed by atoms with van der Waals surface area (Å²) in [6, 6.07) is 3.34. The Morgan fingerprint density at radius 3 is 3.00 bits per heavy atom. The Bertz CT molecular complexity index is 601. The molecule has 0 atom stereocenters. The normalized spacial score (nSPS) is 13.9. The van der Waals surface area contributed by atoms with E-state index in [-0.39, 0.29) is 0 Å². The van der Waals surface area contributed by atoms with Crippen LogP contribution in [0.5, 0.6) is 5.75 Å². The van der Waals surface area contributed by atoms with Crippen molar-refractivity contribution in [1.29, 1.82) is 0 Å². The Balaban J connectivity index is 1.78. The summed E-state index contributed by atoms with van der Waals surface area (Å²) in [6.07, 6.45) is 6.12. The van der Waals surface area contributed by atoms with E-state index in [1.54, 1.807) is 12.1 Å². The summed E-state index contributed by atoms with van der Waals surface area (Å²) in [5.74, 6) is -0.158. The van der Waals surface area contributed by atoms with Crippen molar-refractivity contribution >= 4 is 17.6 Å². The molecule has 19 heavy (non-hydrogen) atoms. The minimum Gasteiger partial charge on any atom is -0.420 e. The number of rotatable bonds is 2. The molecule has 0 aliphatic carbocycles. The number of pyridine rings is 1. The van der Waals surface area contributed by atoms with Crippen molar-refractivity contribution in [3.63, 3.8) is 0 Å². The van der Waals surface area contributed by atoms with Crippen LogP contribution in [-0.4, -0.2) is 20.7 Å². The molecule has 0 amide bonds. The molecular weight excluding hydrogens is 266 g/mol. The molecule has 0 bridgehead atoms. The number of carbonyl (C=O) groups excluding carboxylic acids is 1. The summed E-state index contributed by atoms with van der Waals surface area (Å²) in [5.41, 5.74) is 1.42. The van der Waals surface area contributed by atoms with Crippen molar-refractivity contribution in [2.45, 2.75) is 25.8 Å². The van der Waals surface area contributed by atoms with E-state index in [1.807, 2.05) is 4.68 Å². The van der Waals surface area contributed by atoms with Crippen molar-refractivity contribution in [2.75, 3.05) is 0 Å². The molecule has 2 aromatic rings. The Morgan fingerprint density at radius 2 is 2.21 bits per heavy atom. The Labute approximate surface area is 115 Å². The maximum Gasteiger partial charge on any atom is 0.364 e. The molecule has 3 rings (SSSR count). The van der Waals surface area contributed by atoms with E-state index < -0.39 is 5.97 Å². The first-order valence-electron chi connectivity index (χ1n) is 6.12. The Morgan fingerprint density at radius 1 is 1.32 bits per heavy atom. The van der Waals surface area contributed by atoms with Crippen molar-refractivity contribution in [2.24, 2.45) is 0 Å². The highest BCUT2D eigenvalue weighted by molar-refractivity contribution is 6.30. The van der Waals surface area contributed by atoms with Gasteiger partial charge in [-0.25, -0.2) is 4.79 Å². The summed E-state index contributed by atoms with van der Waals surface area (Å²) < 4.78 is 7.07. The minimum atomic E-state index is -0.481. The number of nitrogens with zero attached hydrogens (tertiary/aromatic N) is 3. The molecule has 98 valence electrons. The lowest BCUT2D eigenvalue weighted by Gasteiger charge is -2.11. The van der Waals surface area contributed by atoms with Gasteiger partial charge in [-0.1, -0.05) is 11.6 Å². The summed E-state index contributed by atoms with van der Waals surface area (Å²) in [6.45, 7) is 0.862. The molecule has 0 spiro atoms. The highest BCUT2D eigenvalue weighted by Gasteiger charge is 2.18. The van der Waals surface area contributed by atoms with Gasteiger partial charge in [-0.2, -0.15) is 5.10 Å². The second-order valence-electron chi connectivity index (χ2n) is 4.43. The Kier molecular flexibility index (Phi) is 3.21. The molecule has 0 unspecified atom stereocenters. The molecule has 1 aliphatic heterocycles. The standard InChI is InChI=1S/C13H12ClN3O2/c14-9-5-11(8-15-7-9)19-13(18)12-6-10-3-1-2-4-17(10)16-12/h5-8H,1-4H2. The van der Waals surface area contributed by atoms with E-state index in [0.717, 1.165) is 31.5 Å². The quantitative estimate of drug-likeness (QED) is 0.792. The fourth-order valence-corrected chi connectivity index (χ4v) is 2.29. The third-order valence-corrected chi connectivity index (χ3v) is 3.22. The van der Waals surface area contributed by atoms with Gasteiger partial charge in [-0.15, -0.1) is 0 Å². The SMILES string of the molecule is O=C(Oc1cncc(Cl)c1)c1cc2n(n1)CCCC2. The van der Waals surface area contributed by atoms with Crippen LogP contribution in [0.4, 0.5) is 0 Å². The van der Waals surface area contributed by atoms with Crippen LogP contribution < -0.4 is 4.74 Å². The largest absolute Gasteiger partial charge is 0.420 e. The van der Waals surface area contributed by atoms with Gasteiger partial charge in [0.1, 0.15) is 0 Å². The fourth-order valence-electron chi connectivity index (χ4n) is 2.13. The molecular formula is C13H12ClN3O2. The van der Waals surface area contributed by atoms with E-state index in [4.69, 9.17) is 16.3 Å². The molecule has 0 fully saturated rings. The third-order valence-electron chi connectivity index (χ3n) is 3.02. The minimum absolute atomic E-state index is 0.323. The Hall–Kier alpha value is -1.88. The van der Waals surface area contributed by atoms with Crippen LogP contribution in [0.25, 0.3) is 0 Å². The predicted octanol–water partition coefficient (Wildman–Crippen LogP) is 2.49. The molecule has 0 N–H and O–H groups in total. The lowest BCUT2D eigenvalue weighted by atomic mass is 10.1. The van der Waals surface area contributed by atoms with Gasteiger partial charge in [0.05, 0.1) is 11.2 Å². The van der Waals surface area contributed by atoms with E-state index in [2.05, 4.69) is 10.1 Å². The van der Waals surface area contributed by atoms with E-state index >= 15 is 0 Å². The topological polar surface area (TPSA) is 57.0 Å². The average molecular weight is 278 g/mol. The number of hydrogen-bond donors (Lipinski definition) is 0. The third kappa shape index (κ3) is 2.61. The highest BCUT2D eigenvalue weighted by atomic mass is 35.5. The second-order valence-corrected chi connectivity index (χ2v) is 4.87. The van der Waals surface area contributed by atoms with Gasteiger partial charge in [0.2, 0.25) is 0 Å². The molecule has 0 saturated heterocycles. The monoisotopic (exact) mass is 277 g/mol. The van der Waals surface area contributed by atoms with Gasteiger partial charge in [0.25, 0.3) is 0 Å². The van der Waals surface area contributed by atoms with Crippen LogP contribution in [0.2, 0.25) is 5.02 Å². The summed E-state index contributed by atoms with van der Waals surface area (Å²) in [7, 11) is 0. The number of aromatic nitrogens is 3. The second kappa shape index (κ2) is 5.01.